The average molecular weight is 319 g/mol. The summed E-state index contributed by atoms with van der Waals surface area (Å²) in [5.41, 5.74) is 1.38. The second-order valence-electron chi connectivity index (χ2n) is 5.29. The minimum absolute atomic E-state index is 0.193. The van der Waals surface area contributed by atoms with Gasteiger partial charge in [0.05, 0.1) is 17.4 Å². The Morgan fingerprint density at radius 1 is 1.22 bits per heavy atom. The molecule has 0 fully saturated rings. The maximum Gasteiger partial charge on any atom is 0.257 e. The Morgan fingerprint density at radius 2 is 2.00 bits per heavy atom. The van der Waals surface area contributed by atoms with Crippen molar-refractivity contribution in [1.29, 1.82) is 0 Å². The second-order valence-corrected chi connectivity index (χ2v) is 5.29. The SMILES string of the molecule is CCCCN(C)c1cncc(C(=O)Nc2ccc(F)c(F)c2)c1. The first-order valence-corrected chi connectivity index (χ1v) is 7.44. The molecule has 2 aromatic rings. The molecule has 1 amide bonds. The van der Waals surface area contributed by atoms with Gasteiger partial charge in [0.15, 0.2) is 11.6 Å². The number of unbranched alkanes of at least 4 members (excludes halogenated alkanes) is 1. The number of hydrogen-bond donors (Lipinski definition) is 1. The van der Waals surface area contributed by atoms with Crippen LogP contribution in [0, 0.1) is 11.6 Å². The van der Waals surface area contributed by atoms with E-state index in [1.165, 1.54) is 12.3 Å². The zero-order valence-electron chi connectivity index (χ0n) is 13.1. The van der Waals surface area contributed by atoms with Crippen molar-refractivity contribution in [3.63, 3.8) is 0 Å². The molecule has 6 heteroatoms. The summed E-state index contributed by atoms with van der Waals surface area (Å²) in [7, 11) is 1.93. The van der Waals surface area contributed by atoms with Crippen LogP contribution >= 0.6 is 0 Å². The molecule has 1 heterocycles. The largest absolute Gasteiger partial charge is 0.373 e. The highest BCUT2D eigenvalue weighted by Crippen LogP contribution is 2.17. The summed E-state index contributed by atoms with van der Waals surface area (Å²) in [5, 5.41) is 2.53. The lowest BCUT2D eigenvalue weighted by molar-refractivity contribution is 0.102. The van der Waals surface area contributed by atoms with Crippen molar-refractivity contribution in [3.8, 4) is 0 Å². The van der Waals surface area contributed by atoms with Crippen LogP contribution in [0.4, 0.5) is 20.2 Å². The van der Waals surface area contributed by atoms with Gasteiger partial charge in [0, 0.05) is 31.5 Å². The number of anilines is 2. The van der Waals surface area contributed by atoms with E-state index in [2.05, 4.69) is 17.2 Å². The van der Waals surface area contributed by atoms with Gasteiger partial charge in [0.25, 0.3) is 5.91 Å². The van der Waals surface area contributed by atoms with Crippen molar-refractivity contribution in [1.82, 2.24) is 4.98 Å². The summed E-state index contributed by atoms with van der Waals surface area (Å²) in [5.74, 6) is -2.38. The topological polar surface area (TPSA) is 45.2 Å². The number of benzene rings is 1. The highest BCUT2D eigenvalue weighted by atomic mass is 19.2. The fourth-order valence-electron chi connectivity index (χ4n) is 2.06. The third-order valence-electron chi connectivity index (χ3n) is 3.45. The Labute approximate surface area is 134 Å². The normalized spacial score (nSPS) is 10.4. The van der Waals surface area contributed by atoms with Crippen LogP contribution in [-0.4, -0.2) is 24.5 Å². The van der Waals surface area contributed by atoms with E-state index in [1.807, 2.05) is 11.9 Å². The van der Waals surface area contributed by atoms with E-state index >= 15 is 0 Å². The van der Waals surface area contributed by atoms with Gasteiger partial charge in [-0.25, -0.2) is 8.78 Å². The first kappa shape index (κ1) is 16.9. The van der Waals surface area contributed by atoms with Gasteiger partial charge in [-0.2, -0.15) is 0 Å². The van der Waals surface area contributed by atoms with Crippen molar-refractivity contribution in [2.24, 2.45) is 0 Å². The molecule has 2 rings (SSSR count). The van der Waals surface area contributed by atoms with Gasteiger partial charge in [0.1, 0.15) is 0 Å². The number of nitrogens with one attached hydrogen (secondary N) is 1. The third kappa shape index (κ3) is 4.48. The summed E-state index contributed by atoms with van der Waals surface area (Å²) in [6.45, 7) is 2.98. The first-order chi connectivity index (χ1) is 11.0. The van der Waals surface area contributed by atoms with Gasteiger partial charge in [0.2, 0.25) is 0 Å². The third-order valence-corrected chi connectivity index (χ3v) is 3.45. The summed E-state index contributed by atoms with van der Waals surface area (Å²) in [6, 6.07) is 4.94. The van der Waals surface area contributed by atoms with E-state index in [1.54, 1.807) is 12.3 Å². The molecule has 4 nitrogen and oxygen atoms in total. The van der Waals surface area contributed by atoms with Crippen LogP contribution in [0.2, 0.25) is 0 Å². The van der Waals surface area contributed by atoms with Gasteiger partial charge in [-0.3, -0.25) is 9.78 Å². The molecule has 0 unspecified atom stereocenters. The maximum absolute atomic E-state index is 13.2. The number of carbonyl (C=O) groups excluding carboxylic acids is 1. The summed E-state index contributed by atoms with van der Waals surface area (Å²) < 4.78 is 26.1. The predicted octanol–water partition coefficient (Wildman–Crippen LogP) is 3.85. The van der Waals surface area contributed by atoms with Crippen LogP contribution in [0.25, 0.3) is 0 Å². The van der Waals surface area contributed by atoms with Crippen LogP contribution in [0.5, 0.6) is 0 Å². The Kier molecular flexibility index (Phi) is 5.62. The number of hydrogen-bond acceptors (Lipinski definition) is 3. The molecular weight excluding hydrogens is 300 g/mol. The summed E-state index contributed by atoms with van der Waals surface area (Å²) in [6.07, 6.45) is 5.24. The van der Waals surface area contributed by atoms with Gasteiger partial charge in [-0.1, -0.05) is 13.3 Å². The number of aromatic nitrogens is 1. The Bertz CT molecular complexity index is 691. The van der Waals surface area contributed by atoms with Gasteiger partial charge < -0.3 is 10.2 Å². The van der Waals surface area contributed by atoms with Crippen molar-refractivity contribution >= 4 is 17.3 Å². The van der Waals surface area contributed by atoms with Crippen molar-refractivity contribution in [3.05, 3.63) is 53.9 Å². The maximum atomic E-state index is 13.2. The number of nitrogens with zero attached hydrogens (tertiary/aromatic N) is 2. The summed E-state index contributed by atoms with van der Waals surface area (Å²) >= 11 is 0. The van der Waals surface area contributed by atoms with Gasteiger partial charge >= 0.3 is 0 Å². The van der Waals surface area contributed by atoms with Crippen LogP contribution in [0.15, 0.2) is 36.7 Å². The number of amides is 1. The highest BCUT2D eigenvalue weighted by molar-refractivity contribution is 6.04. The highest BCUT2D eigenvalue weighted by Gasteiger charge is 2.11. The molecule has 0 radical (unpaired) electrons. The number of rotatable bonds is 6. The monoisotopic (exact) mass is 319 g/mol. The Balaban J connectivity index is 2.11. The molecule has 1 N–H and O–H groups in total. The van der Waals surface area contributed by atoms with E-state index in [0.29, 0.717) is 5.56 Å². The zero-order valence-corrected chi connectivity index (χ0v) is 13.1. The summed E-state index contributed by atoms with van der Waals surface area (Å²) in [4.78, 5) is 18.3. The van der Waals surface area contributed by atoms with E-state index in [4.69, 9.17) is 0 Å². The molecule has 0 aliphatic rings. The molecule has 1 aromatic heterocycles. The lowest BCUT2D eigenvalue weighted by atomic mass is 10.2. The minimum atomic E-state index is -1.01. The van der Waals surface area contributed by atoms with Crippen molar-refractivity contribution in [2.45, 2.75) is 19.8 Å². The van der Waals surface area contributed by atoms with Gasteiger partial charge in [-0.15, -0.1) is 0 Å². The van der Waals surface area contributed by atoms with Crippen LogP contribution < -0.4 is 10.2 Å². The standard InChI is InChI=1S/C17H19F2N3O/c1-3-4-7-22(2)14-8-12(10-20-11-14)17(23)21-13-5-6-15(18)16(19)9-13/h5-6,8-11H,3-4,7H2,1-2H3,(H,21,23). The molecule has 122 valence electrons. The van der Waals surface area contributed by atoms with Crippen LogP contribution in [0.1, 0.15) is 30.1 Å². The molecule has 0 atom stereocenters. The second kappa shape index (κ2) is 7.67. The molecule has 0 saturated carbocycles. The van der Waals surface area contributed by atoms with Crippen molar-refractivity contribution in [2.75, 3.05) is 23.8 Å². The zero-order chi connectivity index (χ0) is 16.8. The molecule has 0 saturated heterocycles. The molecular formula is C17H19F2N3O. The first-order valence-electron chi connectivity index (χ1n) is 7.44. The smallest absolute Gasteiger partial charge is 0.257 e. The molecule has 0 aliphatic carbocycles. The lowest BCUT2D eigenvalue weighted by Gasteiger charge is -2.19. The lowest BCUT2D eigenvalue weighted by Crippen LogP contribution is -2.20. The quantitative estimate of drug-likeness (QED) is 0.879. The molecule has 23 heavy (non-hydrogen) atoms. The molecule has 0 aliphatic heterocycles. The van der Waals surface area contributed by atoms with Crippen LogP contribution in [-0.2, 0) is 0 Å². The average Bonchev–Trinajstić information content (AvgIpc) is 2.56. The van der Waals surface area contributed by atoms with E-state index in [9.17, 15) is 13.6 Å². The predicted molar refractivity (Wildman–Crippen MR) is 86.7 cm³/mol. The fraction of sp³-hybridized carbons (Fsp3) is 0.294. The Hall–Kier alpha value is -2.50. The number of halogens is 2. The van der Waals surface area contributed by atoms with Gasteiger partial charge in [-0.05, 0) is 24.6 Å². The minimum Gasteiger partial charge on any atom is -0.373 e. The van der Waals surface area contributed by atoms with E-state index in [-0.39, 0.29) is 5.69 Å². The van der Waals surface area contributed by atoms with E-state index in [0.717, 1.165) is 37.2 Å². The molecule has 0 bridgehead atoms. The molecule has 0 spiro atoms. The van der Waals surface area contributed by atoms with Crippen molar-refractivity contribution < 1.29 is 13.6 Å². The fourth-order valence-corrected chi connectivity index (χ4v) is 2.06. The Morgan fingerprint density at radius 3 is 2.70 bits per heavy atom. The number of pyridine rings is 1. The molecule has 1 aromatic carbocycles. The van der Waals surface area contributed by atoms with E-state index < -0.39 is 17.5 Å². The number of carbonyl (C=O) groups is 1. The van der Waals surface area contributed by atoms with Crippen LogP contribution in [0.3, 0.4) is 0 Å².